The van der Waals surface area contributed by atoms with Gasteiger partial charge in [-0.1, -0.05) is 12.1 Å². The normalized spacial score (nSPS) is 23.8. The van der Waals surface area contributed by atoms with Crippen LogP contribution in [-0.4, -0.2) is 29.5 Å². The van der Waals surface area contributed by atoms with Gasteiger partial charge in [0.05, 0.1) is 0 Å². The Hall–Kier alpha value is -0.580. The van der Waals surface area contributed by atoms with E-state index < -0.39 is 0 Å². The minimum atomic E-state index is -0.372. The van der Waals surface area contributed by atoms with Gasteiger partial charge < -0.3 is 5.32 Å². The van der Waals surface area contributed by atoms with Crippen LogP contribution in [0.5, 0.6) is 0 Å². The molecule has 4 heteroatoms. The summed E-state index contributed by atoms with van der Waals surface area (Å²) in [6, 6.07) is 9.24. The van der Waals surface area contributed by atoms with Crippen molar-refractivity contribution in [2.75, 3.05) is 13.1 Å². The van der Waals surface area contributed by atoms with Crippen LogP contribution in [0.25, 0.3) is 0 Å². The fourth-order valence-corrected chi connectivity index (χ4v) is 3.91. The van der Waals surface area contributed by atoms with Gasteiger partial charge in [-0.25, -0.2) is 8.70 Å². The Balaban J connectivity index is 1.69. The third kappa shape index (κ3) is 3.50. The van der Waals surface area contributed by atoms with Crippen molar-refractivity contribution in [3.63, 3.8) is 0 Å². The van der Waals surface area contributed by atoms with E-state index in [1.165, 1.54) is 30.6 Å². The highest BCUT2D eigenvalue weighted by molar-refractivity contribution is 7.97. The molecule has 1 saturated carbocycles. The van der Waals surface area contributed by atoms with Crippen molar-refractivity contribution in [3.05, 3.63) is 29.8 Å². The van der Waals surface area contributed by atoms with Crippen LogP contribution in [0, 0.1) is 0 Å². The standard InChI is InChI=1S/C15H21FN2S/c16-10-12-3-1-5-15(9-12)19-18(13-6-7-13)14-4-2-8-17-11-14/h1,3,5,9,13-14,17H,2,4,6-8,10-11H2. The van der Waals surface area contributed by atoms with E-state index in [0.717, 1.165) is 24.7 Å². The van der Waals surface area contributed by atoms with Crippen molar-refractivity contribution in [1.29, 1.82) is 0 Å². The number of hydrogen-bond acceptors (Lipinski definition) is 3. The highest BCUT2D eigenvalue weighted by Crippen LogP contribution is 2.39. The molecule has 0 radical (unpaired) electrons. The van der Waals surface area contributed by atoms with E-state index in [-0.39, 0.29) is 6.67 Å². The molecule has 1 aliphatic heterocycles. The van der Waals surface area contributed by atoms with Gasteiger partial charge in [0, 0.05) is 23.5 Å². The van der Waals surface area contributed by atoms with Crippen molar-refractivity contribution in [2.45, 2.75) is 49.3 Å². The SMILES string of the molecule is FCc1cccc(SN(C2CC2)C2CCCNC2)c1. The molecule has 1 N–H and O–H groups in total. The van der Waals surface area contributed by atoms with Crippen LogP contribution in [0.15, 0.2) is 29.2 Å². The number of nitrogens with zero attached hydrogens (tertiary/aromatic N) is 1. The second-order valence-electron chi connectivity index (χ2n) is 5.46. The molecule has 19 heavy (non-hydrogen) atoms. The summed E-state index contributed by atoms with van der Waals surface area (Å²) in [5.41, 5.74) is 0.780. The Morgan fingerprint density at radius 2 is 2.16 bits per heavy atom. The third-order valence-corrected chi connectivity index (χ3v) is 5.07. The lowest BCUT2D eigenvalue weighted by molar-refractivity contribution is 0.280. The van der Waals surface area contributed by atoms with Crippen LogP contribution in [0.1, 0.15) is 31.2 Å². The monoisotopic (exact) mass is 280 g/mol. The fraction of sp³-hybridized carbons (Fsp3) is 0.600. The van der Waals surface area contributed by atoms with E-state index in [1.807, 2.05) is 30.1 Å². The van der Waals surface area contributed by atoms with Gasteiger partial charge in [0.1, 0.15) is 6.67 Å². The molecule has 1 aromatic rings. The van der Waals surface area contributed by atoms with Gasteiger partial charge in [0.2, 0.25) is 0 Å². The highest BCUT2D eigenvalue weighted by atomic mass is 32.2. The van der Waals surface area contributed by atoms with Gasteiger partial charge in [-0.15, -0.1) is 0 Å². The molecule has 0 bridgehead atoms. The maximum atomic E-state index is 12.7. The van der Waals surface area contributed by atoms with E-state index in [9.17, 15) is 4.39 Å². The quantitative estimate of drug-likeness (QED) is 0.832. The van der Waals surface area contributed by atoms with Crippen LogP contribution in [-0.2, 0) is 6.67 Å². The largest absolute Gasteiger partial charge is 0.315 e. The van der Waals surface area contributed by atoms with Gasteiger partial charge in [0.25, 0.3) is 0 Å². The van der Waals surface area contributed by atoms with Crippen LogP contribution < -0.4 is 5.32 Å². The van der Waals surface area contributed by atoms with Crippen molar-refractivity contribution in [2.24, 2.45) is 0 Å². The summed E-state index contributed by atoms with van der Waals surface area (Å²) < 4.78 is 15.3. The van der Waals surface area contributed by atoms with Crippen LogP contribution in [0.2, 0.25) is 0 Å². The predicted octanol–water partition coefficient (Wildman–Crippen LogP) is 3.38. The second-order valence-corrected chi connectivity index (χ2v) is 6.54. The Kier molecular flexibility index (Phi) is 4.41. The summed E-state index contributed by atoms with van der Waals surface area (Å²) >= 11 is 1.82. The van der Waals surface area contributed by atoms with Gasteiger partial charge in [-0.2, -0.15) is 0 Å². The molecule has 3 rings (SSSR count). The third-order valence-electron chi connectivity index (χ3n) is 3.80. The molecule has 2 fully saturated rings. The van der Waals surface area contributed by atoms with Gasteiger partial charge in [-0.05, 0) is 61.9 Å². The summed E-state index contributed by atoms with van der Waals surface area (Å²) in [5.74, 6) is 0. The Morgan fingerprint density at radius 3 is 2.84 bits per heavy atom. The molecule has 1 heterocycles. The molecular formula is C15H21FN2S. The molecular weight excluding hydrogens is 259 g/mol. The molecule has 1 aliphatic carbocycles. The summed E-state index contributed by atoms with van der Waals surface area (Å²) in [4.78, 5) is 1.17. The molecule has 1 unspecified atom stereocenters. The number of piperidine rings is 1. The van der Waals surface area contributed by atoms with Crippen LogP contribution in [0.3, 0.4) is 0 Å². The lowest BCUT2D eigenvalue weighted by atomic mass is 10.1. The second kappa shape index (κ2) is 6.25. The summed E-state index contributed by atoms with van der Waals surface area (Å²) in [6.45, 7) is 1.87. The van der Waals surface area contributed by atoms with Crippen LogP contribution >= 0.6 is 11.9 Å². The maximum absolute atomic E-state index is 12.7. The molecule has 1 aromatic carbocycles. The summed E-state index contributed by atoms with van der Waals surface area (Å²) in [5, 5.41) is 3.49. The average molecular weight is 280 g/mol. The first-order chi connectivity index (χ1) is 9.36. The lowest BCUT2D eigenvalue weighted by Gasteiger charge is -2.33. The Bertz CT molecular complexity index is 416. The average Bonchev–Trinajstić information content (AvgIpc) is 3.30. The number of halogens is 1. The van der Waals surface area contributed by atoms with Crippen LogP contribution in [0.4, 0.5) is 4.39 Å². The molecule has 2 aliphatic rings. The molecule has 0 aromatic heterocycles. The minimum absolute atomic E-state index is 0.372. The zero-order valence-electron chi connectivity index (χ0n) is 11.1. The zero-order chi connectivity index (χ0) is 13.1. The van der Waals surface area contributed by atoms with E-state index in [1.54, 1.807) is 0 Å². The van der Waals surface area contributed by atoms with Gasteiger partial charge in [-0.3, -0.25) is 0 Å². The lowest BCUT2D eigenvalue weighted by Crippen LogP contribution is -2.43. The van der Waals surface area contributed by atoms with Crippen molar-refractivity contribution in [1.82, 2.24) is 9.62 Å². The molecule has 1 atom stereocenters. The minimum Gasteiger partial charge on any atom is -0.315 e. The predicted molar refractivity (Wildman–Crippen MR) is 77.9 cm³/mol. The number of alkyl halides is 1. The van der Waals surface area contributed by atoms with Gasteiger partial charge in [0.15, 0.2) is 0 Å². The van der Waals surface area contributed by atoms with E-state index in [4.69, 9.17) is 0 Å². The molecule has 2 nitrogen and oxygen atoms in total. The Morgan fingerprint density at radius 1 is 1.26 bits per heavy atom. The maximum Gasteiger partial charge on any atom is 0.115 e. The molecule has 0 amide bonds. The van der Waals surface area contributed by atoms with E-state index in [0.29, 0.717) is 6.04 Å². The molecule has 0 spiro atoms. The fourth-order valence-electron chi connectivity index (χ4n) is 2.63. The van der Waals surface area contributed by atoms with Crippen molar-refractivity contribution in [3.8, 4) is 0 Å². The summed E-state index contributed by atoms with van der Waals surface area (Å²) in [6.07, 6.45) is 5.16. The first-order valence-corrected chi connectivity index (χ1v) is 7.96. The smallest absolute Gasteiger partial charge is 0.115 e. The number of rotatable bonds is 5. The topological polar surface area (TPSA) is 15.3 Å². The van der Waals surface area contributed by atoms with Crippen molar-refractivity contribution >= 4 is 11.9 Å². The zero-order valence-corrected chi connectivity index (χ0v) is 12.0. The van der Waals surface area contributed by atoms with Crippen molar-refractivity contribution < 1.29 is 4.39 Å². The first-order valence-electron chi connectivity index (χ1n) is 7.19. The number of hydrogen-bond donors (Lipinski definition) is 1. The van der Waals surface area contributed by atoms with E-state index in [2.05, 4.69) is 15.7 Å². The first kappa shape index (κ1) is 13.4. The number of benzene rings is 1. The number of nitrogens with one attached hydrogen (secondary N) is 1. The Labute approximate surface area is 118 Å². The van der Waals surface area contributed by atoms with Gasteiger partial charge >= 0.3 is 0 Å². The highest BCUT2D eigenvalue weighted by Gasteiger charge is 2.35. The molecule has 1 saturated heterocycles. The molecule has 104 valence electrons. The summed E-state index contributed by atoms with van der Waals surface area (Å²) in [7, 11) is 0. The van der Waals surface area contributed by atoms with E-state index >= 15 is 0 Å².